The van der Waals surface area contributed by atoms with Crippen LogP contribution in [0.5, 0.6) is 0 Å². The van der Waals surface area contributed by atoms with Crippen molar-refractivity contribution in [2.24, 2.45) is 0 Å². The number of carbonyl (C=O) groups excluding carboxylic acids is 1. The quantitative estimate of drug-likeness (QED) is 0.750. The highest BCUT2D eigenvalue weighted by molar-refractivity contribution is 7.99. The highest BCUT2D eigenvalue weighted by atomic mass is 32.2. The normalized spacial score (nSPS) is 19.4. The minimum atomic E-state index is 0.223. The van der Waals surface area contributed by atoms with Crippen molar-refractivity contribution in [2.75, 3.05) is 50.0 Å². The standard InChI is InChI=1S/C16H27N5O2S/c1-2-21-15(20-9-11-23-12-10-20)17-18-16(21)24-13-14(22)19-7-5-3-4-6-8-19/h2-13H2,1H3. The number of aromatic nitrogens is 3. The SMILES string of the molecule is CCn1c(SCC(=O)N2CCCCCC2)nnc1N1CCOCC1. The number of carbonyl (C=O) groups is 1. The van der Waals surface area contributed by atoms with E-state index in [1.165, 1.54) is 24.6 Å². The second-order valence-corrected chi connectivity index (χ2v) is 7.15. The van der Waals surface area contributed by atoms with Crippen molar-refractivity contribution < 1.29 is 9.53 Å². The number of thioether (sulfide) groups is 1. The highest BCUT2D eigenvalue weighted by Crippen LogP contribution is 2.23. The molecule has 1 amide bonds. The van der Waals surface area contributed by atoms with E-state index in [9.17, 15) is 4.79 Å². The van der Waals surface area contributed by atoms with Crippen molar-refractivity contribution in [3.63, 3.8) is 0 Å². The fraction of sp³-hybridized carbons (Fsp3) is 0.812. The monoisotopic (exact) mass is 353 g/mol. The molecule has 134 valence electrons. The summed E-state index contributed by atoms with van der Waals surface area (Å²) in [7, 11) is 0. The van der Waals surface area contributed by atoms with Gasteiger partial charge >= 0.3 is 0 Å². The molecule has 0 unspecified atom stereocenters. The van der Waals surface area contributed by atoms with Gasteiger partial charge in [-0.2, -0.15) is 0 Å². The summed E-state index contributed by atoms with van der Waals surface area (Å²) in [5.74, 6) is 1.56. The fourth-order valence-corrected chi connectivity index (χ4v) is 4.10. The number of morpholine rings is 1. The molecule has 24 heavy (non-hydrogen) atoms. The second-order valence-electron chi connectivity index (χ2n) is 6.21. The molecule has 3 rings (SSSR count). The van der Waals surface area contributed by atoms with Gasteiger partial charge in [0.15, 0.2) is 5.16 Å². The van der Waals surface area contributed by atoms with Gasteiger partial charge < -0.3 is 14.5 Å². The van der Waals surface area contributed by atoms with E-state index in [2.05, 4.69) is 26.6 Å². The van der Waals surface area contributed by atoms with Crippen molar-refractivity contribution in [1.29, 1.82) is 0 Å². The molecule has 7 nitrogen and oxygen atoms in total. The predicted molar refractivity (Wildman–Crippen MR) is 94.5 cm³/mol. The van der Waals surface area contributed by atoms with Gasteiger partial charge in [-0.05, 0) is 19.8 Å². The van der Waals surface area contributed by atoms with E-state index in [1.54, 1.807) is 0 Å². The summed E-state index contributed by atoms with van der Waals surface area (Å²) in [5.41, 5.74) is 0. The molecule has 1 aromatic rings. The summed E-state index contributed by atoms with van der Waals surface area (Å²) in [6, 6.07) is 0. The van der Waals surface area contributed by atoms with Crippen LogP contribution in [-0.2, 0) is 16.1 Å². The van der Waals surface area contributed by atoms with Gasteiger partial charge in [-0.3, -0.25) is 9.36 Å². The maximum Gasteiger partial charge on any atom is 0.233 e. The molecule has 3 heterocycles. The van der Waals surface area contributed by atoms with E-state index in [4.69, 9.17) is 4.74 Å². The number of likely N-dealkylation sites (tertiary alicyclic amines) is 1. The van der Waals surface area contributed by atoms with Gasteiger partial charge in [-0.25, -0.2) is 0 Å². The third kappa shape index (κ3) is 4.22. The van der Waals surface area contributed by atoms with E-state index in [-0.39, 0.29) is 5.91 Å². The Hall–Kier alpha value is -1.28. The van der Waals surface area contributed by atoms with Crippen LogP contribution in [0.15, 0.2) is 5.16 Å². The molecule has 2 fully saturated rings. The predicted octanol–water partition coefficient (Wildman–Crippen LogP) is 1.63. The van der Waals surface area contributed by atoms with Crippen molar-refractivity contribution in [2.45, 2.75) is 44.3 Å². The maximum absolute atomic E-state index is 12.5. The van der Waals surface area contributed by atoms with Crippen molar-refractivity contribution in [3.8, 4) is 0 Å². The van der Waals surface area contributed by atoms with E-state index in [0.29, 0.717) is 5.75 Å². The molecule has 0 atom stereocenters. The summed E-state index contributed by atoms with van der Waals surface area (Å²) in [6.45, 7) is 7.84. The van der Waals surface area contributed by atoms with Crippen LogP contribution in [-0.4, -0.2) is 70.7 Å². The summed E-state index contributed by atoms with van der Waals surface area (Å²) in [4.78, 5) is 16.7. The van der Waals surface area contributed by atoms with Crippen molar-refractivity contribution in [1.82, 2.24) is 19.7 Å². The molecule has 0 aromatic carbocycles. The summed E-state index contributed by atoms with van der Waals surface area (Å²) >= 11 is 1.51. The Morgan fingerprint density at radius 3 is 2.46 bits per heavy atom. The minimum Gasteiger partial charge on any atom is -0.378 e. The first-order chi connectivity index (χ1) is 11.8. The smallest absolute Gasteiger partial charge is 0.233 e. The number of ether oxygens (including phenoxy) is 1. The Balaban J connectivity index is 1.60. The van der Waals surface area contributed by atoms with Gasteiger partial charge in [0.25, 0.3) is 0 Å². The zero-order chi connectivity index (χ0) is 16.8. The summed E-state index contributed by atoms with van der Waals surface area (Å²) < 4.78 is 7.51. The van der Waals surface area contributed by atoms with Crippen molar-refractivity contribution >= 4 is 23.6 Å². The van der Waals surface area contributed by atoms with Gasteiger partial charge in [0.2, 0.25) is 11.9 Å². The van der Waals surface area contributed by atoms with Crippen LogP contribution in [0.1, 0.15) is 32.6 Å². The molecular weight excluding hydrogens is 326 g/mol. The van der Waals surface area contributed by atoms with Crippen LogP contribution in [0.4, 0.5) is 5.95 Å². The van der Waals surface area contributed by atoms with E-state index < -0.39 is 0 Å². The van der Waals surface area contributed by atoms with Crippen molar-refractivity contribution in [3.05, 3.63) is 0 Å². The zero-order valence-electron chi connectivity index (χ0n) is 14.4. The van der Waals surface area contributed by atoms with Crippen LogP contribution in [0.2, 0.25) is 0 Å². The van der Waals surface area contributed by atoms with Crippen LogP contribution in [0.25, 0.3) is 0 Å². The Bertz CT molecular complexity index is 537. The first kappa shape index (κ1) is 17.5. The lowest BCUT2D eigenvalue weighted by Crippen LogP contribution is -2.38. The summed E-state index contributed by atoms with van der Waals surface area (Å²) in [5, 5.41) is 9.51. The average molecular weight is 353 g/mol. The Morgan fingerprint density at radius 1 is 1.08 bits per heavy atom. The first-order valence-corrected chi connectivity index (χ1v) is 9.94. The maximum atomic E-state index is 12.5. The van der Waals surface area contributed by atoms with Gasteiger partial charge in [0, 0.05) is 32.7 Å². The van der Waals surface area contributed by atoms with E-state index >= 15 is 0 Å². The molecule has 2 aliphatic heterocycles. The molecular formula is C16H27N5O2S. The molecule has 0 N–H and O–H groups in total. The lowest BCUT2D eigenvalue weighted by molar-refractivity contribution is -0.128. The van der Waals surface area contributed by atoms with E-state index in [0.717, 1.165) is 69.9 Å². The number of rotatable bonds is 5. The van der Waals surface area contributed by atoms with Gasteiger partial charge in [0.05, 0.1) is 19.0 Å². The molecule has 0 saturated carbocycles. The summed E-state index contributed by atoms with van der Waals surface area (Å²) in [6.07, 6.45) is 4.74. The number of hydrogen-bond donors (Lipinski definition) is 0. The van der Waals surface area contributed by atoms with Crippen LogP contribution >= 0.6 is 11.8 Å². The third-order valence-corrected chi connectivity index (χ3v) is 5.54. The Kier molecular flexibility index (Phi) is 6.37. The number of amides is 1. The Labute approximate surface area is 147 Å². The van der Waals surface area contributed by atoms with E-state index in [1.807, 2.05) is 4.90 Å². The highest BCUT2D eigenvalue weighted by Gasteiger charge is 2.21. The van der Waals surface area contributed by atoms with Crippen LogP contribution in [0.3, 0.4) is 0 Å². The number of hydrogen-bond acceptors (Lipinski definition) is 6. The molecule has 2 aliphatic rings. The zero-order valence-corrected chi connectivity index (χ0v) is 15.3. The number of nitrogens with zero attached hydrogens (tertiary/aromatic N) is 5. The van der Waals surface area contributed by atoms with Gasteiger partial charge in [0.1, 0.15) is 0 Å². The molecule has 0 bridgehead atoms. The molecule has 2 saturated heterocycles. The molecule has 0 spiro atoms. The van der Waals surface area contributed by atoms with Gasteiger partial charge in [-0.1, -0.05) is 24.6 Å². The lowest BCUT2D eigenvalue weighted by atomic mass is 10.2. The number of anilines is 1. The Morgan fingerprint density at radius 2 is 1.79 bits per heavy atom. The molecule has 0 radical (unpaired) electrons. The fourth-order valence-electron chi connectivity index (χ4n) is 3.20. The van der Waals surface area contributed by atoms with Gasteiger partial charge in [-0.15, -0.1) is 10.2 Å². The molecule has 0 aliphatic carbocycles. The minimum absolute atomic E-state index is 0.223. The van der Waals surface area contributed by atoms with Crippen LogP contribution in [0, 0.1) is 0 Å². The van der Waals surface area contributed by atoms with Crippen LogP contribution < -0.4 is 4.90 Å². The second kappa shape index (κ2) is 8.71. The third-order valence-electron chi connectivity index (χ3n) is 4.59. The lowest BCUT2D eigenvalue weighted by Gasteiger charge is -2.27. The molecule has 1 aromatic heterocycles. The average Bonchev–Trinajstić information content (AvgIpc) is 2.84. The first-order valence-electron chi connectivity index (χ1n) is 8.96. The molecule has 8 heteroatoms. The largest absolute Gasteiger partial charge is 0.378 e. The topological polar surface area (TPSA) is 63.5 Å².